The molecule has 0 spiro atoms. The predicted molar refractivity (Wildman–Crippen MR) is 72.5 cm³/mol. The molecule has 0 aliphatic heterocycles. The van der Waals surface area contributed by atoms with E-state index in [1.807, 2.05) is 19.9 Å². The van der Waals surface area contributed by atoms with E-state index in [0.717, 1.165) is 0 Å². The molecule has 1 rings (SSSR count). The number of anilines is 1. The molecular formula is C13H16N2O2S. The number of nitrogens with one attached hydrogen (secondary N) is 1. The smallest absolute Gasteiger partial charge is 0.237 e. The number of benzene rings is 1. The Hall–Kier alpha value is -1.67. The first kappa shape index (κ1) is 14.4. The van der Waals surface area contributed by atoms with Gasteiger partial charge in [-0.3, -0.25) is 9.00 Å². The summed E-state index contributed by atoms with van der Waals surface area (Å²) >= 11 is 0. The van der Waals surface area contributed by atoms with Gasteiger partial charge in [0.1, 0.15) is 11.8 Å². The lowest BCUT2D eigenvalue weighted by Gasteiger charge is -2.07. The number of amides is 1. The van der Waals surface area contributed by atoms with Gasteiger partial charge in [-0.1, -0.05) is 26.0 Å². The van der Waals surface area contributed by atoms with Crippen LogP contribution in [0.25, 0.3) is 0 Å². The van der Waals surface area contributed by atoms with E-state index in [0.29, 0.717) is 22.9 Å². The summed E-state index contributed by atoms with van der Waals surface area (Å²) in [6, 6.07) is 8.74. The van der Waals surface area contributed by atoms with Crippen molar-refractivity contribution < 1.29 is 9.00 Å². The predicted octanol–water partition coefficient (Wildman–Crippen LogP) is 1.90. The molecule has 0 saturated carbocycles. The van der Waals surface area contributed by atoms with Gasteiger partial charge in [-0.25, -0.2) is 0 Å². The average Bonchev–Trinajstić information content (AvgIpc) is 2.28. The van der Waals surface area contributed by atoms with Crippen molar-refractivity contribution in [3.8, 4) is 6.07 Å². The number of para-hydroxylation sites is 1. The summed E-state index contributed by atoms with van der Waals surface area (Å²) in [5.41, 5.74) is 0.868. The Morgan fingerprint density at radius 3 is 2.72 bits per heavy atom. The molecule has 1 amide bonds. The summed E-state index contributed by atoms with van der Waals surface area (Å²) in [7, 11) is -1.16. The highest BCUT2D eigenvalue weighted by Gasteiger charge is 2.11. The second kappa shape index (κ2) is 6.92. The number of hydrogen-bond acceptors (Lipinski definition) is 3. The first-order chi connectivity index (χ1) is 8.52. The fourth-order valence-corrected chi connectivity index (χ4v) is 2.68. The molecule has 5 heteroatoms. The molecule has 1 aromatic rings. The van der Waals surface area contributed by atoms with Gasteiger partial charge in [0, 0.05) is 16.6 Å². The molecule has 1 atom stereocenters. The molecule has 0 saturated heterocycles. The maximum Gasteiger partial charge on any atom is 0.237 e. The van der Waals surface area contributed by atoms with Gasteiger partial charge in [0.2, 0.25) is 5.91 Å². The van der Waals surface area contributed by atoms with Gasteiger partial charge in [0.05, 0.1) is 11.3 Å². The third kappa shape index (κ3) is 4.68. The Balaban J connectivity index is 2.60. The van der Waals surface area contributed by atoms with Crippen LogP contribution in [-0.2, 0) is 15.6 Å². The lowest BCUT2D eigenvalue weighted by atomic mass is 10.2. The molecule has 0 bridgehead atoms. The van der Waals surface area contributed by atoms with Gasteiger partial charge in [-0.15, -0.1) is 0 Å². The lowest BCUT2D eigenvalue weighted by Crippen LogP contribution is -2.22. The minimum atomic E-state index is -1.16. The monoisotopic (exact) mass is 264 g/mol. The largest absolute Gasteiger partial charge is 0.324 e. The van der Waals surface area contributed by atoms with Crippen molar-refractivity contribution >= 4 is 22.4 Å². The molecule has 0 aromatic heterocycles. The van der Waals surface area contributed by atoms with Crippen molar-refractivity contribution in [3.05, 3.63) is 29.8 Å². The van der Waals surface area contributed by atoms with Gasteiger partial charge in [0.25, 0.3) is 0 Å². The minimum Gasteiger partial charge on any atom is -0.324 e. The zero-order valence-corrected chi connectivity index (χ0v) is 11.3. The third-order valence-electron chi connectivity index (χ3n) is 2.13. The molecule has 0 aliphatic carbocycles. The van der Waals surface area contributed by atoms with Gasteiger partial charge < -0.3 is 5.32 Å². The molecule has 4 nitrogen and oxygen atoms in total. The minimum absolute atomic E-state index is 0.0298. The summed E-state index contributed by atoms with van der Waals surface area (Å²) in [5, 5.41) is 11.5. The van der Waals surface area contributed by atoms with E-state index in [2.05, 4.69) is 5.32 Å². The fraction of sp³-hybridized carbons (Fsp3) is 0.385. The molecule has 0 radical (unpaired) electrons. The van der Waals surface area contributed by atoms with Crippen LogP contribution in [0.3, 0.4) is 0 Å². The quantitative estimate of drug-likeness (QED) is 0.883. The normalized spacial score (nSPS) is 11.9. The van der Waals surface area contributed by atoms with Crippen molar-refractivity contribution in [3.63, 3.8) is 0 Å². The van der Waals surface area contributed by atoms with Gasteiger partial charge in [0.15, 0.2) is 0 Å². The van der Waals surface area contributed by atoms with E-state index in [9.17, 15) is 9.00 Å². The first-order valence-corrected chi connectivity index (χ1v) is 7.15. The molecule has 0 aliphatic rings. The van der Waals surface area contributed by atoms with Crippen LogP contribution in [0.2, 0.25) is 0 Å². The highest BCUT2D eigenvalue weighted by atomic mass is 32.2. The topological polar surface area (TPSA) is 70.0 Å². The van der Waals surface area contributed by atoms with Crippen LogP contribution in [-0.4, -0.2) is 21.6 Å². The number of hydrogen-bond donors (Lipinski definition) is 1. The van der Waals surface area contributed by atoms with Crippen LogP contribution in [0, 0.1) is 17.2 Å². The van der Waals surface area contributed by atoms with Crippen molar-refractivity contribution in [2.45, 2.75) is 13.8 Å². The number of carbonyl (C=O) groups is 1. The maximum absolute atomic E-state index is 11.7. The molecule has 96 valence electrons. The van der Waals surface area contributed by atoms with Crippen LogP contribution in [0.1, 0.15) is 19.4 Å². The van der Waals surface area contributed by atoms with Crippen molar-refractivity contribution in [2.24, 2.45) is 5.92 Å². The standard InChI is InChI=1S/C13H16N2O2S/c1-10(2)8-18(17)9-13(16)15-12-6-4-3-5-11(12)7-14/h3-6,10H,8-9H2,1-2H3,(H,15,16). The van der Waals surface area contributed by atoms with Crippen molar-refractivity contribution in [1.82, 2.24) is 0 Å². The summed E-state index contributed by atoms with van der Waals surface area (Å²) in [4.78, 5) is 11.7. The zero-order valence-electron chi connectivity index (χ0n) is 10.5. The molecule has 0 fully saturated rings. The van der Waals surface area contributed by atoms with E-state index in [-0.39, 0.29) is 11.7 Å². The van der Waals surface area contributed by atoms with Gasteiger partial charge in [-0.2, -0.15) is 5.26 Å². The highest BCUT2D eigenvalue weighted by molar-refractivity contribution is 7.85. The van der Waals surface area contributed by atoms with E-state index < -0.39 is 10.8 Å². The van der Waals surface area contributed by atoms with Crippen LogP contribution in [0.5, 0.6) is 0 Å². The Kier molecular flexibility index (Phi) is 5.53. The second-order valence-corrected chi connectivity index (χ2v) is 5.85. The summed E-state index contributed by atoms with van der Waals surface area (Å²) in [6.07, 6.45) is 0. The van der Waals surface area contributed by atoms with Crippen LogP contribution < -0.4 is 5.32 Å². The Morgan fingerprint density at radius 2 is 2.11 bits per heavy atom. The lowest BCUT2D eigenvalue weighted by molar-refractivity contribution is -0.113. The molecule has 1 unspecified atom stereocenters. The number of carbonyl (C=O) groups excluding carboxylic acids is 1. The van der Waals surface area contributed by atoms with E-state index in [4.69, 9.17) is 5.26 Å². The van der Waals surface area contributed by atoms with Crippen LogP contribution in [0.4, 0.5) is 5.69 Å². The Bertz CT molecular complexity index is 492. The van der Waals surface area contributed by atoms with Crippen LogP contribution >= 0.6 is 0 Å². The van der Waals surface area contributed by atoms with Crippen molar-refractivity contribution in [1.29, 1.82) is 5.26 Å². The molecule has 1 N–H and O–H groups in total. The van der Waals surface area contributed by atoms with Gasteiger partial charge in [-0.05, 0) is 18.1 Å². The molecule has 18 heavy (non-hydrogen) atoms. The van der Waals surface area contributed by atoms with E-state index >= 15 is 0 Å². The van der Waals surface area contributed by atoms with Crippen LogP contribution in [0.15, 0.2) is 24.3 Å². The summed E-state index contributed by atoms with van der Waals surface area (Å²) in [6.45, 7) is 3.92. The number of rotatable bonds is 5. The average molecular weight is 264 g/mol. The summed E-state index contributed by atoms with van der Waals surface area (Å²) in [5.74, 6) is 0.451. The Labute approximate surface area is 109 Å². The van der Waals surface area contributed by atoms with E-state index in [1.165, 1.54) is 0 Å². The summed E-state index contributed by atoms with van der Waals surface area (Å²) < 4.78 is 11.6. The molecule has 0 heterocycles. The fourth-order valence-electron chi connectivity index (χ4n) is 1.45. The SMILES string of the molecule is CC(C)CS(=O)CC(=O)Nc1ccccc1C#N. The van der Waals surface area contributed by atoms with Crippen molar-refractivity contribution in [2.75, 3.05) is 16.8 Å². The molecular weight excluding hydrogens is 248 g/mol. The highest BCUT2D eigenvalue weighted by Crippen LogP contribution is 2.13. The second-order valence-electron chi connectivity index (χ2n) is 4.35. The van der Waals surface area contributed by atoms with E-state index in [1.54, 1.807) is 24.3 Å². The maximum atomic E-state index is 11.7. The first-order valence-electron chi connectivity index (χ1n) is 5.67. The Morgan fingerprint density at radius 1 is 1.44 bits per heavy atom. The molecule has 1 aromatic carbocycles. The third-order valence-corrected chi connectivity index (χ3v) is 3.76. The zero-order chi connectivity index (χ0) is 13.5. The van der Waals surface area contributed by atoms with Gasteiger partial charge >= 0.3 is 0 Å². The number of nitriles is 1. The number of nitrogens with zero attached hydrogens (tertiary/aromatic N) is 1.